The van der Waals surface area contributed by atoms with Crippen molar-refractivity contribution in [2.45, 2.75) is 19.3 Å². The lowest BCUT2D eigenvalue weighted by Crippen LogP contribution is -2.16. The monoisotopic (exact) mass is 758 g/mol. The quantitative estimate of drug-likeness (QED) is 0.162. The Morgan fingerprint density at radius 3 is 1.66 bits per heavy atom. The van der Waals surface area contributed by atoms with E-state index in [0.29, 0.717) is 17.5 Å². The molecule has 0 aliphatic heterocycles. The van der Waals surface area contributed by atoms with Gasteiger partial charge in [-0.05, 0) is 75.8 Å². The number of fused-ring (bicyclic) bond motifs is 6. The molecule has 1 aliphatic rings. The van der Waals surface area contributed by atoms with E-state index < -0.39 is 0 Å². The van der Waals surface area contributed by atoms with Crippen LogP contribution in [0, 0.1) is 0 Å². The fraction of sp³-hybridized carbons (Fsp3) is 0.0556. The molecule has 0 radical (unpaired) electrons. The highest BCUT2D eigenvalue weighted by atomic mass is 16.3. The molecule has 59 heavy (non-hydrogen) atoms. The fourth-order valence-corrected chi connectivity index (χ4v) is 8.81. The van der Waals surface area contributed by atoms with Crippen LogP contribution in [0.2, 0.25) is 0 Å². The summed E-state index contributed by atoms with van der Waals surface area (Å²) in [4.78, 5) is 17.5. The molecule has 0 bridgehead atoms. The number of hydrogen-bond donors (Lipinski definition) is 0. The topological polar surface area (TPSA) is 55.1 Å². The van der Waals surface area contributed by atoms with Crippen LogP contribution in [-0.4, -0.2) is 15.0 Å². The first-order chi connectivity index (χ1) is 29.0. The first-order valence-electron chi connectivity index (χ1n) is 20.0. The first-order valence-corrected chi connectivity index (χ1v) is 20.0. The summed E-state index contributed by atoms with van der Waals surface area (Å²) in [6, 6.07) is 67.9. The summed E-state index contributed by atoms with van der Waals surface area (Å²) < 4.78 is 6.89. The molecule has 0 spiro atoms. The average Bonchev–Trinajstić information content (AvgIpc) is 3.80. The summed E-state index contributed by atoms with van der Waals surface area (Å²) in [7, 11) is 0. The van der Waals surface area contributed by atoms with Crippen LogP contribution in [0.25, 0.3) is 78.4 Å². The molecule has 280 valence electrons. The van der Waals surface area contributed by atoms with Gasteiger partial charge in [-0.2, -0.15) is 0 Å². The Morgan fingerprint density at radius 2 is 0.966 bits per heavy atom. The van der Waals surface area contributed by atoms with E-state index in [9.17, 15) is 0 Å². The molecule has 0 saturated carbocycles. The van der Waals surface area contributed by atoms with E-state index in [1.54, 1.807) is 0 Å². The van der Waals surface area contributed by atoms with Crippen molar-refractivity contribution in [3.05, 3.63) is 205 Å². The van der Waals surface area contributed by atoms with Gasteiger partial charge in [0.05, 0.1) is 16.6 Å². The number of hydrogen-bond acceptors (Lipinski definition) is 5. The number of aromatic nitrogens is 3. The fourth-order valence-electron chi connectivity index (χ4n) is 8.81. The molecule has 0 saturated heterocycles. The molecule has 0 amide bonds. The molecule has 0 unspecified atom stereocenters. The van der Waals surface area contributed by atoms with Crippen LogP contribution in [0.15, 0.2) is 199 Å². The van der Waals surface area contributed by atoms with Crippen molar-refractivity contribution >= 4 is 39.0 Å². The molecule has 2 heterocycles. The third-order valence-electron chi connectivity index (χ3n) is 11.7. The van der Waals surface area contributed by atoms with Gasteiger partial charge in [-0.1, -0.05) is 166 Å². The number of furan rings is 1. The van der Waals surface area contributed by atoms with Gasteiger partial charge < -0.3 is 9.32 Å². The van der Waals surface area contributed by atoms with Gasteiger partial charge in [0.15, 0.2) is 17.5 Å². The van der Waals surface area contributed by atoms with Gasteiger partial charge in [0.1, 0.15) is 11.2 Å². The van der Waals surface area contributed by atoms with Crippen molar-refractivity contribution in [3.8, 4) is 56.4 Å². The van der Waals surface area contributed by atoms with Gasteiger partial charge in [-0.3, -0.25) is 0 Å². The van der Waals surface area contributed by atoms with Crippen molar-refractivity contribution in [1.29, 1.82) is 0 Å². The van der Waals surface area contributed by atoms with Crippen LogP contribution in [0.3, 0.4) is 0 Å². The Kier molecular flexibility index (Phi) is 8.09. The van der Waals surface area contributed by atoms with E-state index in [4.69, 9.17) is 19.4 Å². The summed E-state index contributed by atoms with van der Waals surface area (Å²) in [5.41, 5.74) is 14.7. The van der Waals surface area contributed by atoms with Gasteiger partial charge in [0.2, 0.25) is 0 Å². The summed E-state index contributed by atoms with van der Waals surface area (Å²) >= 11 is 0. The standard InChI is InChI=1S/C54H38N4O/c1-54(2)45-25-13-12-22-41(45)42-33-32-40(34-46(42)54)58(39-30-28-36(29-31-39)35-16-6-3-7-17-35)47-26-15-27-48-49(47)43-23-14-24-44(50(43)59-48)53-56-51(37-18-8-4-9-19-37)55-52(57-53)38-20-10-5-11-21-38/h3-34H,1-2H3. The van der Waals surface area contributed by atoms with E-state index in [1.165, 1.54) is 33.4 Å². The minimum Gasteiger partial charge on any atom is -0.455 e. The predicted octanol–water partition coefficient (Wildman–Crippen LogP) is 14.2. The normalized spacial score (nSPS) is 12.7. The van der Waals surface area contributed by atoms with Gasteiger partial charge >= 0.3 is 0 Å². The van der Waals surface area contributed by atoms with E-state index >= 15 is 0 Å². The zero-order valence-corrected chi connectivity index (χ0v) is 32.7. The summed E-state index contributed by atoms with van der Waals surface area (Å²) in [5.74, 6) is 1.77. The average molecular weight is 759 g/mol. The van der Waals surface area contributed by atoms with Crippen LogP contribution in [0.4, 0.5) is 17.1 Å². The SMILES string of the molecule is CC1(C)c2ccccc2-c2ccc(N(c3ccc(-c4ccccc4)cc3)c3cccc4oc5c(-c6nc(-c7ccccc7)nc(-c7ccccc7)n6)cccc5c34)cc21. The van der Waals surface area contributed by atoms with Crippen LogP contribution in [0.5, 0.6) is 0 Å². The van der Waals surface area contributed by atoms with Gasteiger partial charge in [0, 0.05) is 33.3 Å². The molecule has 0 fully saturated rings. The molecular weight excluding hydrogens is 721 g/mol. The van der Waals surface area contributed by atoms with Crippen LogP contribution >= 0.6 is 0 Å². The summed E-state index contributed by atoms with van der Waals surface area (Å²) in [6.45, 7) is 4.67. The van der Waals surface area contributed by atoms with E-state index in [1.807, 2.05) is 66.7 Å². The van der Waals surface area contributed by atoms with E-state index in [-0.39, 0.29) is 5.41 Å². The highest BCUT2D eigenvalue weighted by molar-refractivity contribution is 6.16. The number of nitrogens with zero attached hydrogens (tertiary/aromatic N) is 4. The number of rotatable bonds is 7. The minimum atomic E-state index is -0.157. The molecule has 0 atom stereocenters. The molecule has 8 aromatic carbocycles. The van der Waals surface area contributed by atoms with Crippen LogP contribution < -0.4 is 4.90 Å². The largest absolute Gasteiger partial charge is 0.455 e. The summed E-state index contributed by atoms with van der Waals surface area (Å²) in [5, 5.41) is 2.00. The third kappa shape index (κ3) is 5.81. The van der Waals surface area contributed by atoms with E-state index in [2.05, 4.69) is 146 Å². The smallest absolute Gasteiger partial charge is 0.167 e. The first kappa shape index (κ1) is 34.6. The maximum Gasteiger partial charge on any atom is 0.167 e. The maximum absolute atomic E-state index is 6.89. The van der Waals surface area contributed by atoms with Gasteiger partial charge in [-0.15, -0.1) is 0 Å². The Hall–Kier alpha value is -7.63. The van der Waals surface area contributed by atoms with E-state index in [0.717, 1.165) is 55.7 Å². The molecular formula is C54H38N4O. The van der Waals surface area contributed by atoms with Gasteiger partial charge in [-0.25, -0.2) is 15.0 Å². The second kappa shape index (κ2) is 13.8. The van der Waals surface area contributed by atoms with Crippen molar-refractivity contribution < 1.29 is 4.42 Å². The van der Waals surface area contributed by atoms with Crippen molar-refractivity contribution in [2.75, 3.05) is 4.90 Å². The zero-order valence-electron chi connectivity index (χ0n) is 32.7. The Bertz CT molecular complexity index is 3120. The Balaban J connectivity index is 1.12. The Morgan fingerprint density at radius 1 is 0.424 bits per heavy atom. The highest BCUT2D eigenvalue weighted by Gasteiger charge is 2.36. The van der Waals surface area contributed by atoms with Gasteiger partial charge in [0.25, 0.3) is 0 Å². The molecule has 11 rings (SSSR count). The molecule has 2 aromatic heterocycles. The predicted molar refractivity (Wildman–Crippen MR) is 241 cm³/mol. The number of anilines is 3. The lowest BCUT2D eigenvalue weighted by Gasteiger charge is -2.28. The zero-order chi connectivity index (χ0) is 39.5. The van der Waals surface area contributed by atoms with Crippen LogP contribution in [-0.2, 0) is 5.41 Å². The third-order valence-corrected chi connectivity index (χ3v) is 11.7. The number of para-hydroxylation sites is 1. The lowest BCUT2D eigenvalue weighted by atomic mass is 9.82. The van der Waals surface area contributed by atoms with Crippen molar-refractivity contribution in [2.24, 2.45) is 0 Å². The van der Waals surface area contributed by atoms with Crippen molar-refractivity contribution in [3.63, 3.8) is 0 Å². The molecule has 1 aliphatic carbocycles. The molecule has 5 heteroatoms. The Labute approximate surface area is 342 Å². The number of benzene rings is 8. The summed E-state index contributed by atoms with van der Waals surface area (Å²) in [6.07, 6.45) is 0. The minimum absolute atomic E-state index is 0.157. The lowest BCUT2D eigenvalue weighted by molar-refractivity contribution is 0.660. The molecule has 0 N–H and O–H groups in total. The highest BCUT2D eigenvalue weighted by Crippen LogP contribution is 2.52. The second-order valence-corrected chi connectivity index (χ2v) is 15.6. The second-order valence-electron chi connectivity index (χ2n) is 15.6. The van der Waals surface area contributed by atoms with Crippen LogP contribution in [0.1, 0.15) is 25.0 Å². The maximum atomic E-state index is 6.89. The van der Waals surface area contributed by atoms with Crippen molar-refractivity contribution in [1.82, 2.24) is 15.0 Å². The molecule has 10 aromatic rings. The molecule has 5 nitrogen and oxygen atoms in total.